The largest absolute Gasteiger partial charge is 0.480 e. The fourth-order valence-electron chi connectivity index (χ4n) is 2.51. The van der Waals surface area contributed by atoms with Gasteiger partial charge in [0.25, 0.3) is 0 Å². The Labute approximate surface area is 102 Å². The van der Waals surface area contributed by atoms with Crippen molar-refractivity contribution < 1.29 is 19.4 Å². The van der Waals surface area contributed by atoms with Gasteiger partial charge < -0.3 is 15.2 Å². The zero-order valence-electron chi connectivity index (χ0n) is 10.4. The molecule has 1 aliphatic carbocycles. The first-order valence-corrected chi connectivity index (χ1v) is 6.13. The number of carboxylic acid groups (broad SMARTS) is 1. The molecule has 0 radical (unpaired) electrons. The van der Waals surface area contributed by atoms with Gasteiger partial charge in [-0.1, -0.05) is 20.3 Å². The molecule has 1 saturated carbocycles. The van der Waals surface area contributed by atoms with E-state index in [1.807, 2.05) is 0 Å². The highest BCUT2D eigenvalue weighted by Crippen LogP contribution is 2.33. The van der Waals surface area contributed by atoms with Crippen molar-refractivity contribution in [1.29, 1.82) is 0 Å². The van der Waals surface area contributed by atoms with Gasteiger partial charge in [-0.05, 0) is 24.7 Å². The molecule has 0 heterocycles. The van der Waals surface area contributed by atoms with Crippen molar-refractivity contribution in [1.82, 2.24) is 5.32 Å². The van der Waals surface area contributed by atoms with Crippen LogP contribution >= 0.6 is 0 Å². The predicted molar refractivity (Wildman–Crippen MR) is 62.6 cm³/mol. The zero-order valence-corrected chi connectivity index (χ0v) is 10.4. The molecular weight excluding hydrogens is 222 g/mol. The first kappa shape index (κ1) is 14.0. The molecule has 17 heavy (non-hydrogen) atoms. The lowest BCUT2D eigenvalue weighted by Gasteiger charge is -2.20. The van der Waals surface area contributed by atoms with Crippen molar-refractivity contribution in [3.8, 4) is 0 Å². The maximum absolute atomic E-state index is 11.5. The number of hydrogen-bond donors (Lipinski definition) is 2. The molecule has 0 bridgehead atoms. The molecule has 0 aromatic carbocycles. The van der Waals surface area contributed by atoms with Crippen molar-refractivity contribution in [2.24, 2.45) is 11.8 Å². The van der Waals surface area contributed by atoms with Crippen molar-refractivity contribution in [2.75, 3.05) is 13.2 Å². The molecule has 98 valence electrons. The minimum Gasteiger partial charge on any atom is -0.480 e. The Morgan fingerprint density at radius 1 is 1.35 bits per heavy atom. The molecule has 2 N–H and O–H groups in total. The predicted octanol–water partition coefficient (Wildman–Crippen LogP) is 1.03. The van der Waals surface area contributed by atoms with Gasteiger partial charge in [-0.25, -0.2) is 4.79 Å². The number of rotatable bonds is 6. The van der Waals surface area contributed by atoms with Crippen molar-refractivity contribution >= 4 is 11.9 Å². The molecule has 1 rings (SSSR count). The van der Waals surface area contributed by atoms with Crippen LogP contribution < -0.4 is 5.32 Å². The Hall–Kier alpha value is -1.10. The standard InChI is InChI=1S/C12H21NO4/c1-3-9-4-5-10(8(9)2)13-11(14)6-17-7-12(15)16/h8-10H,3-7H2,1-2H3,(H,13,14)(H,15,16). The van der Waals surface area contributed by atoms with E-state index in [0.717, 1.165) is 19.3 Å². The van der Waals surface area contributed by atoms with Crippen LogP contribution in [0, 0.1) is 11.8 Å². The Bertz CT molecular complexity index is 280. The Kier molecular flexibility index (Phi) is 5.41. The lowest BCUT2D eigenvalue weighted by atomic mass is 9.93. The van der Waals surface area contributed by atoms with Crippen LogP contribution in [0.3, 0.4) is 0 Å². The molecule has 1 aliphatic rings. The summed E-state index contributed by atoms with van der Waals surface area (Å²) >= 11 is 0. The highest BCUT2D eigenvalue weighted by molar-refractivity contribution is 5.78. The second-order valence-corrected chi connectivity index (χ2v) is 4.67. The van der Waals surface area contributed by atoms with E-state index in [2.05, 4.69) is 19.2 Å². The zero-order chi connectivity index (χ0) is 12.8. The summed E-state index contributed by atoms with van der Waals surface area (Å²) in [5.74, 6) is -0.110. The van der Waals surface area contributed by atoms with E-state index in [1.165, 1.54) is 0 Å². The van der Waals surface area contributed by atoms with E-state index in [-0.39, 0.29) is 18.6 Å². The van der Waals surface area contributed by atoms with Crippen LogP contribution in [0.2, 0.25) is 0 Å². The highest BCUT2D eigenvalue weighted by atomic mass is 16.5. The Balaban J connectivity index is 2.25. The molecule has 3 unspecified atom stereocenters. The van der Waals surface area contributed by atoms with E-state index < -0.39 is 12.6 Å². The molecular formula is C12H21NO4. The number of carboxylic acids is 1. The Morgan fingerprint density at radius 3 is 2.59 bits per heavy atom. The monoisotopic (exact) mass is 243 g/mol. The van der Waals surface area contributed by atoms with Crippen LogP contribution in [0.1, 0.15) is 33.1 Å². The summed E-state index contributed by atoms with van der Waals surface area (Å²) in [6.07, 6.45) is 3.30. The molecule has 1 amide bonds. The number of amides is 1. The normalized spacial score (nSPS) is 28.0. The number of nitrogens with one attached hydrogen (secondary N) is 1. The average Bonchev–Trinajstić information content (AvgIpc) is 2.59. The minimum atomic E-state index is -1.06. The molecule has 0 spiro atoms. The molecule has 0 aliphatic heterocycles. The molecule has 5 heteroatoms. The highest BCUT2D eigenvalue weighted by Gasteiger charge is 2.32. The van der Waals surface area contributed by atoms with E-state index >= 15 is 0 Å². The smallest absolute Gasteiger partial charge is 0.329 e. The van der Waals surface area contributed by atoms with Crippen molar-refractivity contribution in [3.63, 3.8) is 0 Å². The van der Waals surface area contributed by atoms with Gasteiger partial charge >= 0.3 is 5.97 Å². The third-order valence-corrected chi connectivity index (χ3v) is 3.56. The van der Waals surface area contributed by atoms with Gasteiger partial charge in [-0.3, -0.25) is 4.79 Å². The number of aliphatic carboxylic acids is 1. The first-order valence-electron chi connectivity index (χ1n) is 6.13. The lowest BCUT2D eigenvalue weighted by molar-refractivity contribution is -0.143. The maximum Gasteiger partial charge on any atom is 0.329 e. The molecule has 0 aromatic heterocycles. The van der Waals surface area contributed by atoms with Gasteiger partial charge in [-0.2, -0.15) is 0 Å². The van der Waals surface area contributed by atoms with Crippen LogP contribution in [0.15, 0.2) is 0 Å². The second kappa shape index (κ2) is 6.59. The average molecular weight is 243 g/mol. The van der Waals surface area contributed by atoms with Crippen LogP contribution in [-0.2, 0) is 14.3 Å². The maximum atomic E-state index is 11.5. The summed E-state index contributed by atoms with van der Waals surface area (Å²) in [7, 11) is 0. The van der Waals surface area contributed by atoms with Crippen LogP contribution in [-0.4, -0.2) is 36.2 Å². The van der Waals surface area contributed by atoms with Crippen LogP contribution in [0.25, 0.3) is 0 Å². The van der Waals surface area contributed by atoms with Gasteiger partial charge in [0, 0.05) is 6.04 Å². The molecule has 0 aromatic rings. The summed E-state index contributed by atoms with van der Waals surface area (Å²) in [5, 5.41) is 11.3. The summed E-state index contributed by atoms with van der Waals surface area (Å²) < 4.78 is 4.74. The van der Waals surface area contributed by atoms with Gasteiger partial charge in [-0.15, -0.1) is 0 Å². The summed E-state index contributed by atoms with van der Waals surface area (Å²) in [6, 6.07) is 0.209. The van der Waals surface area contributed by atoms with Crippen LogP contribution in [0.4, 0.5) is 0 Å². The van der Waals surface area contributed by atoms with E-state index in [1.54, 1.807) is 0 Å². The van der Waals surface area contributed by atoms with Crippen molar-refractivity contribution in [2.45, 2.75) is 39.2 Å². The summed E-state index contributed by atoms with van der Waals surface area (Å²) in [6.45, 7) is 3.73. The lowest BCUT2D eigenvalue weighted by Crippen LogP contribution is -2.39. The third-order valence-electron chi connectivity index (χ3n) is 3.56. The Morgan fingerprint density at radius 2 is 2.06 bits per heavy atom. The van der Waals surface area contributed by atoms with E-state index in [9.17, 15) is 9.59 Å². The molecule has 1 fully saturated rings. The molecule has 0 saturated heterocycles. The number of hydrogen-bond acceptors (Lipinski definition) is 3. The summed E-state index contributed by atoms with van der Waals surface area (Å²) in [5.41, 5.74) is 0. The van der Waals surface area contributed by atoms with Crippen LogP contribution in [0.5, 0.6) is 0 Å². The number of carbonyl (C=O) groups excluding carboxylic acids is 1. The van der Waals surface area contributed by atoms with E-state index in [0.29, 0.717) is 11.8 Å². The second-order valence-electron chi connectivity index (χ2n) is 4.67. The third kappa shape index (κ3) is 4.34. The fourth-order valence-corrected chi connectivity index (χ4v) is 2.51. The molecule has 3 atom stereocenters. The van der Waals surface area contributed by atoms with Gasteiger partial charge in [0.15, 0.2) is 0 Å². The fraction of sp³-hybridized carbons (Fsp3) is 0.833. The van der Waals surface area contributed by atoms with Gasteiger partial charge in [0.1, 0.15) is 13.2 Å². The summed E-state index contributed by atoms with van der Waals surface area (Å²) in [4.78, 5) is 21.7. The van der Waals surface area contributed by atoms with E-state index in [4.69, 9.17) is 9.84 Å². The number of carbonyl (C=O) groups is 2. The first-order chi connectivity index (χ1) is 8.04. The minimum absolute atomic E-state index is 0.174. The number of ether oxygens (including phenoxy) is 1. The molecule has 5 nitrogen and oxygen atoms in total. The SMILES string of the molecule is CCC1CCC(NC(=O)COCC(=O)O)C1C. The van der Waals surface area contributed by atoms with Crippen molar-refractivity contribution in [3.05, 3.63) is 0 Å². The topological polar surface area (TPSA) is 75.6 Å². The van der Waals surface area contributed by atoms with Gasteiger partial charge in [0.05, 0.1) is 0 Å². The quantitative estimate of drug-likeness (QED) is 0.730. The van der Waals surface area contributed by atoms with Gasteiger partial charge in [0.2, 0.25) is 5.91 Å².